The maximum Gasteiger partial charge on any atom is 0.277 e. The Labute approximate surface area is 325 Å². The van der Waals surface area contributed by atoms with Crippen molar-refractivity contribution >= 4 is 56.9 Å². The van der Waals surface area contributed by atoms with Crippen molar-refractivity contribution in [1.29, 1.82) is 0 Å². The molecule has 20 nitrogen and oxygen atoms in total. The lowest BCUT2D eigenvalue weighted by Gasteiger charge is -2.32. The van der Waals surface area contributed by atoms with E-state index in [0.29, 0.717) is 44.5 Å². The fourth-order valence-electron chi connectivity index (χ4n) is 9.91. The van der Waals surface area contributed by atoms with Crippen LogP contribution in [0.25, 0.3) is 0 Å². The number of anilines is 5. The first-order valence-electron chi connectivity index (χ1n) is 17.9. The number of benzene rings is 5. The Hall–Kier alpha value is -7.90. The fourth-order valence-corrected chi connectivity index (χ4v) is 9.91. The van der Waals surface area contributed by atoms with Crippen molar-refractivity contribution < 1.29 is 24.6 Å². The number of nitro groups is 5. The first kappa shape index (κ1) is 35.8. The van der Waals surface area contributed by atoms with Gasteiger partial charge in [0.05, 0.1) is 24.6 Å². The van der Waals surface area contributed by atoms with Gasteiger partial charge in [-0.2, -0.15) is 0 Å². The van der Waals surface area contributed by atoms with E-state index >= 15 is 0 Å². The zero-order valence-corrected chi connectivity index (χ0v) is 30.2. The summed E-state index contributed by atoms with van der Waals surface area (Å²) < 4.78 is 0. The van der Waals surface area contributed by atoms with E-state index in [4.69, 9.17) is 28.7 Å². The van der Waals surface area contributed by atoms with E-state index in [0.717, 1.165) is 0 Å². The van der Waals surface area contributed by atoms with Gasteiger partial charge in [0, 0.05) is 136 Å². The van der Waals surface area contributed by atoms with E-state index in [1.807, 2.05) is 0 Å². The third kappa shape index (κ3) is 4.74. The van der Waals surface area contributed by atoms with E-state index in [1.54, 1.807) is 0 Å². The Morgan fingerprint density at radius 3 is 0.776 bits per heavy atom. The monoisotopic (exact) mass is 786 g/mol. The highest BCUT2D eigenvalue weighted by Gasteiger charge is 2.44. The number of nitro benzene ring substituents is 5. The van der Waals surface area contributed by atoms with Crippen molar-refractivity contribution in [2.24, 2.45) is 0 Å². The fraction of sp³-hybridized carbons (Fsp3) is 0.211. The first-order valence-corrected chi connectivity index (χ1v) is 17.9. The highest BCUT2D eigenvalue weighted by Crippen LogP contribution is 2.54. The van der Waals surface area contributed by atoms with Crippen LogP contribution < -0.4 is 28.7 Å². The SMILES string of the molecule is Nc1ccc([N+](=O)[O-])c2c1Cc1c(N)c3c(c([N+](=O)[O-])c1C2)Cc1c(c(N)c2c(c1[N+](=O)[O-])Cc1c(c(N)c4c(c1[N+](=O)[O-])Cc1c([N+](=O)[O-])ccc(N)c1C4)C2)C3. The van der Waals surface area contributed by atoms with Crippen LogP contribution in [0.5, 0.6) is 0 Å². The largest absolute Gasteiger partial charge is 0.398 e. The van der Waals surface area contributed by atoms with Crippen LogP contribution in [0.2, 0.25) is 0 Å². The minimum absolute atomic E-state index is 0.0204. The van der Waals surface area contributed by atoms with Crippen molar-refractivity contribution in [1.82, 2.24) is 0 Å². The number of hydrogen-bond acceptors (Lipinski definition) is 15. The minimum Gasteiger partial charge on any atom is -0.398 e. The number of nitrogens with two attached hydrogens (primary N) is 5. The van der Waals surface area contributed by atoms with Crippen LogP contribution in [-0.2, 0) is 51.4 Å². The van der Waals surface area contributed by atoms with Gasteiger partial charge in [-0.1, -0.05) is 0 Å². The standard InChI is InChI=1S/C38H30N10O10/c39-29-1-3-31(44(49)50)15-7-23-17(5-13(15)29)33(41)19-9-21-27(11-25(19)36(23)46(53)54)38(48(57)58)28-12-26-20(10-22(28)35(21)43)34(42)18-6-14-16(8-24(18)37(26)47(55)56)32(45(51)52)4-2-30(14)40/h1-4H,5-12,39-43H2. The minimum atomic E-state index is -0.626. The molecule has 0 saturated carbocycles. The molecule has 0 bridgehead atoms. The Morgan fingerprint density at radius 2 is 0.534 bits per heavy atom. The summed E-state index contributed by atoms with van der Waals surface area (Å²) in [6.45, 7) is 0. The van der Waals surface area contributed by atoms with Gasteiger partial charge in [-0.15, -0.1) is 0 Å². The van der Waals surface area contributed by atoms with E-state index in [2.05, 4.69) is 0 Å². The predicted octanol–water partition coefficient (Wildman–Crippen LogP) is 5.12. The summed E-state index contributed by atoms with van der Waals surface area (Å²) in [6, 6.07) is 5.28. The molecule has 0 atom stereocenters. The van der Waals surface area contributed by atoms with E-state index < -0.39 is 30.3 Å². The average molecular weight is 787 g/mol. The molecule has 292 valence electrons. The molecule has 20 heteroatoms. The maximum atomic E-state index is 13.2. The van der Waals surface area contributed by atoms with E-state index in [1.165, 1.54) is 24.3 Å². The highest BCUT2D eigenvalue weighted by molar-refractivity contribution is 5.84. The Morgan fingerprint density at radius 1 is 0.310 bits per heavy atom. The molecular formula is C38H30N10O10. The molecule has 5 aromatic carbocycles. The molecule has 0 aromatic heterocycles. The number of hydrogen-bond donors (Lipinski definition) is 5. The molecule has 4 aliphatic carbocycles. The quantitative estimate of drug-likeness (QED) is 0.0858. The van der Waals surface area contributed by atoms with Gasteiger partial charge in [-0.05, 0) is 56.6 Å². The second-order valence-corrected chi connectivity index (χ2v) is 15.0. The molecule has 9 rings (SSSR count). The van der Waals surface area contributed by atoms with Gasteiger partial charge >= 0.3 is 0 Å². The molecule has 0 amide bonds. The zero-order valence-electron chi connectivity index (χ0n) is 30.2. The maximum absolute atomic E-state index is 13.2. The molecule has 0 unspecified atom stereocenters. The molecule has 5 aromatic rings. The van der Waals surface area contributed by atoms with Crippen LogP contribution in [0.3, 0.4) is 0 Å². The van der Waals surface area contributed by atoms with Gasteiger partial charge in [-0.25, -0.2) is 0 Å². The van der Waals surface area contributed by atoms with Gasteiger partial charge in [0.15, 0.2) is 0 Å². The van der Waals surface area contributed by atoms with Crippen molar-refractivity contribution in [3.8, 4) is 0 Å². The van der Waals surface area contributed by atoms with Gasteiger partial charge in [0.1, 0.15) is 0 Å². The van der Waals surface area contributed by atoms with Gasteiger partial charge in [0.2, 0.25) is 0 Å². The van der Waals surface area contributed by atoms with E-state index in [9.17, 15) is 50.6 Å². The third-order valence-corrected chi connectivity index (χ3v) is 12.5. The van der Waals surface area contributed by atoms with Gasteiger partial charge in [-0.3, -0.25) is 50.6 Å². The smallest absolute Gasteiger partial charge is 0.277 e. The second-order valence-electron chi connectivity index (χ2n) is 15.0. The molecule has 0 fully saturated rings. The lowest BCUT2D eigenvalue weighted by Crippen LogP contribution is -2.25. The molecule has 0 saturated heterocycles. The molecule has 58 heavy (non-hydrogen) atoms. The second kappa shape index (κ2) is 12.0. The number of nitrogens with zero attached hydrogens (tertiary/aromatic N) is 5. The molecule has 0 heterocycles. The molecule has 0 radical (unpaired) electrons. The summed E-state index contributed by atoms with van der Waals surface area (Å²) in [5.74, 6) is 0. The predicted molar refractivity (Wildman–Crippen MR) is 210 cm³/mol. The molecule has 0 spiro atoms. The third-order valence-electron chi connectivity index (χ3n) is 12.5. The Kier molecular flexibility index (Phi) is 7.43. The zero-order chi connectivity index (χ0) is 41.4. The molecule has 0 aliphatic heterocycles. The van der Waals surface area contributed by atoms with Crippen LogP contribution in [0, 0.1) is 50.6 Å². The molecular weight excluding hydrogens is 756 g/mol. The summed E-state index contributed by atoms with van der Waals surface area (Å²) in [7, 11) is 0. The lowest BCUT2D eigenvalue weighted by atomic mass is 9.71. The molecule has 4 aliphatic rings. The van der Waals surface area contributed by atoms with Crippen molar-refractivity contribution in [3.05, 3.63) is 164 Å². The summed E-state index contributed by atoms with van der Waals surface area (Å²) >= 11 is 0. The van der Waals surface area contributed by atoms with Crippen LogP contribution >= 0.6 is 0 Å². The van der Waals surface area contributed by atoms with Crippen molar-refractivity contribution in [3.63, 3.8) is 0 Å². The van der Waals surface area contributed by atoms with Gasteiger partial charge in [0.25, 0.3) is 28.4 Å². The van der Waals surface area contributed by atoms with Crippen LogP contribution in [0.4, 0.5) is 56.9 Å². The normalized spacial score (nSPS) is 14.0. The van der Waals surface area contributed by atoms with Crippen LogP contribution in [0.15, 0.2) is 24.3 Å². The topological polar surface area (TPSA) is 346 Å². The first-order chi connectivity index (χ1) is 27.5. The summed E-state index contributed by atoms with van der Waals surface area (Å²) in [5, 5.41) is 63.0. The lowest BCUT2D eigenvalue weighted by molar-refractivity contribution is -0.387. The molecule has 10 N–H and O–H groups in total. The number of fused-ring (bicyclic) bond motifs is 8. The summed E-state index contributed by atoms with van der Waals surface area (Å²) in [6.07, 6.45) is -1.43. The summed E-state index contributed by atoms with van der Waals surface area (Å²) in [5.41, 5.74) is 36.5. The Balaban J connectivity index is 1.23. The van der Waals surface area contributed by atoms with Crippen LogP contribution in [0.1, 0.15) is 89.0 Å². The average Bonchev–Trinajstić information content (AvgIpc) is 3.16. The summed E-state index contributed by atoms with van der Waals surface area (Å²) in [4.78, 5) is 60.0. The highest BCUT2D eigenvalue weighted by atomic mass is 16.6. The van der Waals surface area contributed by atoms with Crippen molar-refractivity contribution in [2.45, 2.75) is 51.4 Å². The van der Waals surface area contributed by atoms with Gasteiger partial charge < -0.3 is 28.7 Å². The van der Waals surface area contributed by atoms with Crippen LogP contribution in [-0.4, -0.2) is 24.6 Å². The number of nitrogen functional groups attached to an aromatic ring is 5. The Bertz CT molecular complexity index is 2720. The van der Waals surface area contributed by atoms with Crippen molar-refractivity contribution in [2.75, 3.05) is 28.7 Å². The number of rotatable bonds is 5. The van der Waals surface area contributed by atoms with E-state index in [-0.39, 0.29) is 147 Å².